The highest BCUT2D eigenvalue weighted by atomic mass is 35.5. The van der Waals surface area contributed by atoms with Gasteiger partial charge in [-0.2, -0.15) is 0 Å². The van der Waals surface area contributed by atoms with E-state index in [4.69, 9.17) is 39.5 Å². The summed E-state index contributed by atoms with van der Waals surface area (Å²) in [5.41, 5.74) is 0. The molecule has 1 aromatic carbocycles. The number of ether oxygens (including phenoxy) is 1. The lowest BCUT2D eigenvalue weighted by Crippen LogP contribution is -2.35. The van der Waals surface area contributed by atoms with E-state index in [1.807, 2.05) is 4.90 Å². The van der Waals surface area contributed by atoms with E-state index in [1.165, 1.54) is 25.7 Å². The van der Waals surface area contributed by atoms with Gasteiger partial charge in [0.05, 0.1) is 11.6 Å². The van der Waals surface area contributed by atoms with Crippen LogP contribution >= 0.6 is 34.8 Å². The number of carbonyl (C=O) groups excluding carboxylic acids is 1. The molecule has 1 rings (SSSR count). The molecule has 0 aliphatic heterocycles. The lowest BCUT2D eigenvalue weighted by molar-refractivity contribution is -0.131. The lowest BCUT2D eigenvalue weighted by Gasteiger charge is -2.23. The normalized spacial score (nSPS) is 10.8. The van der Waals surface area contributed by atoms with Crippen LogP contribution in [0.5, 0.6) is 5.75 Å². The maximum absolute atomic E-state index is 12.4. The molecule has 148 valence electrons. The topological polar surface area (TPSA) is 29.5 Å². The second-order valence-electron chi connectivity index (χ2n) is 6.36. The molecular weight excluding hydrogens is 393 g/mol. The van der Waals surface area contributed by atoms with Crippen molar-refractivity contribution in [2.24, 2.45) is 0 Å². The zero-order chi connectivity index (χ0) is 19.2. The predicted molar refractivity (Wildman–Crippen MR) is 112 cm³/mol. The quantitative estimate of drug-likeness (QED) is 0.250. The second kappa shape index (κ2) is 14.4. The Morgan fingerprint density at radius 3 is 2.46 bits per heavy atom. The Hall–Kier alpha value is -0.640. The molecule has 0 saturated carbocycles. The minimum absolute atomic E-state index is 0.144. The van der Waals surface area contributed by atoms with Crippen molar-refractivity contribution in [1.82, 2.24) is 4.90 Å². The number of unbranched alkanes of at least 4 members (excludes halogenated alkanes) is 5. The summed E-state index contributed by atoms with van der Waals surface area (Å²) < 4.78 is 5.73. The minimum Gasteiger partial charge on any atom is -0.490 e. The molecule has 0 aliphatic rings. The highest BCUT2D eigenvalue weighted by Crippen LogP contribution is 2.27. The summed E-state index contributed by atoms with van der Waals surface area (Å²) in [5.74, 6) is 1.24. The van der Waals surface area contributed by atoms with Crippen LogP contribution in [0.3, 0.4) is 0 Å². The molecule has 0 radical (unpaired) electrons. The van der Waals surface area contributed by atoms with Gasteiger partial charge in [0.15, 0.2) is 0 Å². The molecule has 0 spiro atoms. The van der Waals surface area contributed by atoms with Gasteiger partial charge in [0, 0.05) is 23.9 Å². The zero-order valence-electron chi connectivity index (χ0n) is 15.6. The molecule has 0 saturated heterocycles. The van der Waals surface area contributed by atoms with E-state index in [0.717, 1.165) is 19.4 Å². The Morgan fingerprint density at radius 1 is 1.04 bits per heavy atom. The molecule has 0 aromatic heterocycles. The zero-order valence-corrected chi connectivity index (χ0v) is 17.9. The Kier molecular flexibility index (Phi) is 13.0. The summed E-state index contributed by atoms with van der Waals surface area (Å²) in [5, 5.41) is 1.05. The first-order chi connectivity index (χ1) is 12.6. The van der Waals surface area contributed by atoms with Crippen LogP contribution in [0.15, 0.2) is 18.2 Å². The molecule has 0 aliphatic carbocycles. The molecule has 26 heavy (non-hydrogen) atoms. The van der Waals surface area contributed by atoms with Gasteiger partial charge in [0.2, 0.25) is 5.91 Å². The van der Waals surface area contributed by atoms with Crippen molar-refractivity contribution in [2.45, 2.75) is 58.3 Å². The van der Waals surface area contributed by atoms with Gasteiger partial charge in [-0.15, -0.1) is 11.6 Å². The highest BCUT2D eigenvalue weighted by molar-refractivity contribution is 6.35. The molecule has 0 N–H and O–H groups in total. The average molecular weight is 423 g/mol. The van der Waals surface area contributed by atoms with Gasteiger partial charge in [-0.3, -0.25) is 4.79 Å². The van der Waals surface area contributed by atoms with Gasteiger partial charge >= 0.3 is 0 Å². The summed E-state index contributed by atoms with van der Waals surface area (Å²) in [6, 6.07) is 5.14. The van der Waals surface area contributed by atoms with E-state index >= 15 is 0 Å². The molecule has 1 aromatic rings. The predicted octanol–water partition coefficient (Wildman–Crippen LogP) is 6.58. The van der Waals surface area contributed by atoms with Crippen LogP contribution in [-0.2, 0) is 4.79 Å². The second-order valence-corrected chi connectivity index (χ2v) is 7.59. The fraction of sp³-hybridized carbons (Fsp3) is 0.650. The van der Waals surface area contributed by atoms with Crippen LogP contribution in [0, 0.1) is 0 Å². The van der Waals surface area contributed by atoms with Crippen LogP contribution in [0.1, 0.15) is 58.3 Å². The molecule has 0 atom stereocenters. The Bertz CT molecular complexity index is 526. The van der Waals surface area contributed by atoms with Crippen molar-refractivity contribution >= 4 is 40.7 Å². The van der Waals surface area contributed by atoms with Crippen LogP contribution in [0.25, 0.3) is 0 Å². The van der Waals surface area contributed by atoms with Gasteiger partial charge in [-0.25, -0.2) is 0 Å². The van der Waals surface area contributed by atoms with Gasteiger partial charge in [-0.05, 0) is 31.0 Å². The summed E-state index contributed by atoms with van der Waals surface area (Å²) >= 11 is 17.7. The van der Waals surface area contributed by atoms with E-state index in [1.54, 1.807) is 18.2 Å². The number of benzene rings is 1. The summed E-state index contributed by atoms with van der Waals surface area (Å²) in [7, 11) is 0. The van der Waals surface area contributed by atoms with Crippen molar-refractivity contribution < 1.29 is 9.53 Å². The fourth-order valence-electron chi connectivity index (χ4n) is 2.68. The molecule has 0 unspecified atom stereocenters. The van der Waals surface area contributed by atoms with Crippen LogP contribution in [-0.4, -0.2) is 36.4 Å². The Morgan fingerprint density at radius 2 is 1.77 bits per heavy atom. The summed E-state index contributed by atoms with van der Waals surface area (Å²) in [6.07, 6.45) is 8.41. The molecule has 3 nitrogen and oxygen atoms in total. The maximum atomic E-state index is 12.4. The first kappa shape index (κ1) is 23.4. The Labute approximate surface area is 172 Å². The van der Waals surface area contributed by atoms with E-state index in [-0.39, 0.29) is 5.91 Å². The number of carbonyl (C=O) groups is 1. The van der Waals surface area contributed by atoms with Crippen LogP contribution in [0.4, 0.5) is 0 Å². The summed E-state index contributed by atoms with van der Waals surface area (Å²) in [6.45, 7) is 3.94. The van der Waals surface area contributed by atoms with Crippen LogP contribution in [0.2, 0.25) is 10.0 Å². The number of alkyl halides is 1. The highest BCUT2D eigenvalue weighted by Gasteiger charge is 2.13. The minimum atomic E-state index is 0.144. The maximum Gasteiger partial charge on any atom is 0.222 e. The number of hydrogen-bond acceptors (Lipinski definition) is 2. The standard InChI is InChI=1S/C20H30Cl3NO2/c1-2-3-4-5-6-7-13-24(20(25)9-8-12-21)14-15-26-19-11-10-17(22)16-18(19)23/h10-11,16H,2-9,12-15H2,1H3. The molecule has 1 amide bonds. The first-order valence-electron chi connectivity index (χ1n) is 9.50. The van der Waals surface area contributed by atoms with Gasteiger partial charge < -0.3 is 9.64 Å². The van der Waals surface area contributed by atoms with Crippen molar-refractivity contribution in [2.75, 3.05) is 25.6 Å². The van der Waals surface area contributed by atoms with E-state index in [0.29, 0.717) is 47.7 Å². The molecule has 0 heterocycles. The largest absolute Gasteiger partial charge is 0.490 e. The number of rotatable bonds is 14. The average Bonchev–Trinajstić information content (AvgIpc) is 2.62. The molecule has 0 bridgehead atoms. The molecular formula is C20H30Cl3NO2. The monoisotopic (exact) mass is 421 g/mol. The molecule has 6 heteroatoms. The summed E-state index contributed by atoms with van der Waals surface area (Å²) in [4.78, 5) is 14.3. The Balaban J connectivity index is 2.43. The third kappa shape index (κ3) is 9.89. The van der Waals surface area contributed by atoms with Crippen LogP contribution < -0.4 is 4.74 Å². The molecule has 0 fully saturated rings. The SMILES string of the molecule is CCCCCCCCN(CCOc1ccc(Cl)cc1Cl)C(=O)CCCCl. The van der Waals surface area contributed by atoms with E-state index < -0.39 is 0 Å². The lowest BCUT2D eigenvalue weighted by atomic mass is 10.1. The van der Waals surface area contributed by atoms with E-state index in [9.17, 15) is 4.79 Å². The number of hydrogen-bond donors (Lipinski definition) is 0. The third-order valence-corrected chi connectivity index (χ3v) is 4.97. The number of nitrogens with zero attached hydrogens (tertiary/aromatic N) is 1. The van der Waals surface area contributed by atoms with Crippen molar-refractivity contribution in [3.63, 3.8) is 0 Å². The third-order valence-electron chi connectivity index (χ3n) is 4.17. The first-order valence-corrected chi connectivity index (χ1v) is 10.8. The van der Waals surface area contributed by atoms with E-state index in [2.05, 4.69) is 6.92 Å². The fourth-order valence-corrected chi connectivity index (χ4v) is 3.28. The smallest absolute Gasteiger partial charge is 0.222 e. The van der Waals surface area contributed by atoms with Crippen molar-refractivity contribution in [3.8, 4) is 5.75 Å². The number of amides is 1. The van der Waals surface area contributed by atoms with Crippen molar-refractivity contribution in [1.29, 1.82) is 0 Å². The number of halogens is 3. The van der Waals surface area contributed by atoms with Gasteiger partial charge in [-0.1, -0.05) is 62.2 Å². The van der Waals surface area contributed by atoms with Crippen molar-refractivity contribution in [3.05, 3.63) is 28.2 Å². The van der Waals surface area contributed by atoms with Gasteiger partial charge in [0.1, 0.15) is 12.4 Å². The van der Waals surface area contributed by atoms with Gasteiger partial charge in [0.25, 0.3) is 0 Å².